The van der Waals surface area contributed by atoms with E-state index in [1.807, 2.05) is 0 Å². The number of amides is 1. The zero-order chi connectivity index (χ0) is 18.9. The molecule has 0 aromatic carbocycles. The fraction of sp³-hybridized carbons (Fsp3) is 0.952. The Morgan fingerprint density at radius 1 is 0.917 bits per heavy atom. The van der Waals surface area contributed by atoms with Crippen molar-refractivity contribution in [1.29, 1.82) is 0 Å². The molecule has 144 valence electrons. The molecule has 0 spiro atoms. The smallest absolute Gasteiger partial charge is 0.238 e. The van der Waals surface area contributed by atoms with Gasteiger partial charge < -0.3 is 11.1 Å². The molecule has 0 saturated heterocycles. The van der Waals surface area contributed by atoms with E-state index in [0.29, 0.717) is 29.6 Å². The van der Waals surface area contributed by atoms with Gasteiger partial charge in [0.25, 0.3) is 0 Å². The Labute approximate surface area is 151 Å². The van der Waals surface area contributed by atoms with E-state index in [2.05, 4.69) is 60.7 Å². The molecule has 0 heterocycles. The molecule has 0 aromatic rings. The fourth-order valence-corrected chi connectivity index (χ4v) is 3.96. The van der Waals surface area contributed by atoms with Crippen molar-refractivity contribution < 1.29 is 4.79 Å². The van der Waals surface area contributed by atoms with Crippen LogP contribution in [0.4, 0.5) is 0 Å². The van der Waals surface area contributed by atoms with E-state index in [1.165, 1.54) is 0 Å². The topological polar surface area (TPSA) is 55.1 Å². The maximum atomic E-state index is 12.7. The highest BCUT2D eigenvalue weighted by Crippen LogP contribution is 2.35. The molecule has 0 aliphatic carbocycles. The fourth-order valence-electron chi connectivity index (χ4n) is 3.96. The summed E-state index contributed by atoms with van der Waals surface area (Å²) in [6.07, 6.45) is 5.19. The van der Waals surface area contributed by atoms with Crippen LogP contribution in [0.15, 0.2) is 0 Å². The molecule has 3 nitrogen and oxygen atoms in total. The van der Waals surface area contributed by atoms with Crippen LogP contribution in [0.3, 0.4) is 0 Å². The van der Waals surface area contributed by atoms with E-state index < -0.39 is 5.54 Å². The van der Waals surface area contributed by atoms with Gasteiger partial charge in [-0.05, 0) is 55.4 Å². The molecule has 0 rings (SSSR count). The van der Waals surface area contributed by atoms with Gasteiger partial charge in [0.2, 0.25) is 5.91 Å². The Kier molecular flexibility index (Phi) is 10.9. The molecule has 1 unspecified atom stereocenters. The average molecular weight is 341 g/mol. The normalized spacial score (nSPS) is 15.0. The summed E-state index contributed by atoms with van der Waals surface area (Å²) in [5.41, 5.74) is 5.46. The number of primary amides is 1. The van der Waals surface area contributed by atoms with Crippen molar-refractivity contribution in [3.63, 3.8) is 0 Å². The molecule has 0 radical (unpaired) electrons. The largest absolute Gasteiger partial charge is 0.368 e. The molecule has 0 fully saturated rings. The maximum absolute atomic E-state index is 12.7. The van der Waals surface area contributed by atoms with E-state index >= 15 is 0 Å². The SMILES string of the molecule is CCC(CC)CNC(CC(C)C)(C(N)=O)C(CC(C)C)CC(C)C. The number of rotatable bonds is 13. The van der Waals surface area contributed by atoms with Crippen LogP contribution in [-0.4, -0.2) is 18.0 Å². The standard InChI is InChI=1S/C21H44N2O/c1-9-18(10-2)14-23-21(20(22)24,13-17(7)8)19(11-15(3)4)12-16(5)6/h15-19,23H,9-14H2,1-8H3,(H2,22,24). The van der Waals surface area contributed by atoms with E-state index in [9.17, 15) is 4.79 Å². The van der Waals surface area contributed by atoms with Crippen molar-refractivity contribution in [2.45, 2.75) is 93.0 Å². The van der Waals surface area contributed by atoms with Gasteiger partial charge in [0, 0.05) is 0 Å². The summed E-state index contributed by atoms with van der Waals surface area (Å²) in [4.78, 5) is 12.7. The summed E-state index contributed by atoms with van der Waals surface area (Å²) in [7, 11) is 0. The second-order valence-corrected chi connectivity index (χ2v) is 8.95. The molecule has 1 amide bonds. The van der Waals surface area contributed by atoms with Crippen LogP contribution in [-0.2, 0) is 4.79 Å². The van der Waals surface area contributed by atoms with Crippen molar-refractivity contribution in [3.05, 3.63) is 0 Å². The van der Waals surface area contributed by atoms with Crippen LogP contribution in [0.2, 0.25) is 0 Å². The summed E-state index contributed by atoms with van der Waals surface area (Å²) in [5, 5.41) is 3.70. The Balaban J connectivity index is 5.67. The third kappa shape index (κ3) is 7.55. The lowest BCUT2D eigenvalue weighted by atomic mass is 9.70. The highest BCUT2D eigenvalue weighted by molar-refractivity contribution is 5.85. The van der Waals surface area contributed by atoms with Gasteiger partial charge in [-0.15, -0.1) is 0 Å². The van der Waals surface area contributed by atoms with Crippen LogP contribution in [0, 0.1) is 29.6 Å². The Bertz CT molecular complexity index is 338. The molecule has 1 atom stereocenters. The number of carbonyl (C=O) groups excluding carboxylic acids is 1. The van der Waals surface area contributed by atoms with Gasteiger partial charge >= 0.3 is 0 Å². The van der Waals surface area contributed by atoms with Crippen molar-refractivity contribution >= 4 is 5.91 Å². The zero-order valence-corrected chi connectivity index (χ0v) is 17.6. The van der Waals surface area contributed by atoms with Crippen molar-refractivity contribution in [2.75, 3.05) is 6.54 Å². The van der Waals surface area contributed by atoms with Gasteiger partial charge in [-0.2, -0.15) is 0 Å². The molecule has 0 saturated carbocycles. The van der Waals surface area contributed by atoms with E-state index in [0.717, 1.165) is 38.6 Å². The molecular weight excluding hydrogens is 296 g/mol. The minimum atomic E-state index is -0.578. The Morgan fingerprint density at radius 3 is 1.67 bits per heavy atom. The van der Waals surface area contributed by atoms with E-state index in [4.69, 9.17) is 5.73 Å². The second kappa shape index (κ2) is 11.1. The van der Waals surface area contributed by atoms with Crippen molar-refractivity contribution in [3.8, 4) is 0 Å². The highest BCUT2D eigenvalue weighted by Gasteiger charge is 2.44. The van der Waals surface area contributed by atoms with Crippen molar-refractivity contribution in [1.82, 2.24) is 5.32 Å². The minimum absolute atomic E-state index is 0.159. The predicted molar refractivity (Wildman–Crippen MR) is 106 cm³/mol. The van der Waals surface area contributed by atoms with Gasteiger partial charge in [0.1, 0.15) is 5.54 Å². The van der Waals surface area contributed by atoms with Gasteiger partial charge in [0.05, 0.1) is 0 Å². The number of hydrogen-bond donors (Lipinski definition) is 2. The van der Waals surface area contributed by atoms with E-state index in [1.54, 1.807) is 0 Å². The summed E-state index contributed by atoms with van der Waals surface area (Å²) < 4.78 is 0. The van der Waals surface area contributed by atoms with Crippen LogP contribution in [0.25, 0.3) is 0 Å². The zero-order valence-electron chi connectivity index (χ0n) is 17.6. The predicted octanol–water partition coefficient (Wildman–Crippen LogP) is 4.99. The van der Waals surface area contributed by atoms with E-state index in [-0.39, 0.29) is 5.91 Å². The van der Waals surface area contributed by atoms with Crippen LogP contribution in [0.1, 0.15) is 87.5 Å². The molecule has 0 aliphatic heterocycles. The minimum Gasteiger partial charge on any atom is -0.368 e. The molecule has 0 aliphatic rings. The lowest BCUT2D eigenvalue weighted by Crippen LogP contribution is -2.62. The van der Waals surface area contributed by atoms with Gasteiger partial charge in [-0.1, -0.05) is 68.2 Å². The molecule has 3 N–H and O–H groups in total. The van der Waals surface area contributed by atoms with Crippen LogP contribution in [0.5, 0.6) is 0 Å². The van der Waals surface area contributed by atoms with Crippen LogP contribution < -0.4 is 11.1 Å². The first kappa shape index (κ1) is 23.4. The lowest BCUT2D eigenvalue weighted by molar-refractivity contribution is -0.128. The van der Waals surface area contributed by atoms with Crippen molar-refractivity contribution in [2.24, 2.45) is 35.3 Å². The molecular formula is C21H44N2O. The summed E-state index contributed by atoms with van der Waals surface area (Å²) in [6.45, 7) is 18.7. The lowest BCUT2D eigenvalue weighted by Gasteiger charge is -2.43. The summed E-state index contributed by atoms with van der Waals surface area (Å²) in [5.74, 6) is 2.31. The first-order valence-corrected chi connectivity index (χ1v) is 10.1. The molecule has 0 aromatic heterocycles. The highest BCUT2D eigenvalue weighted by atomic mass is 16.1. The van der Waals surface area contributed by atoms with Gasteiger partial charge in [-0.3, -0.25) is 4.79 Å². The van der Waals surface area contributed by atoms with Crippen LogP contribution >= 0.6 is 0 Å². The number of hydrogen-bond acceptors (Lipinski definition) is 2. The number of nitrogens with two attached hydrogens (primary N) is 1. The molecule has 24 heavy (non-hydrogen) atoms. The number of carbonyl (C=O) groups is 1. The molecule has 0 bridgehead atoms. The first-order chi connectivity index (χ1) is 11.1. The summed E-state index contributed by atoms with van der Waals surface area (Å²) in [6, 6.07) is 0. The van der Waals surface area contributed by atoms with Gasteiger partial charge in [-0.25, -0.2) is 0 Å². The molecule has 3 heteroatoms. The summed E-state index contributed by atoms with van der Waals surface area (Å²) >= 11 is 0. The number of nitrogens with one attached hydrogen (secondary N) is 1. The average Bonchev–Trinajstić information content (AvgIpc) is 2.44. The van der Waals surface area contributed by atoms with Gasteiger partial charge in [0.15, 0.2) is 0 Å². The third-order valence-corrected chi connectivity index (χ3v) is 5.24. The quantitative estimate of drug-likeness (QED) is 0.496. The second-order valence-electron chi connectivity index (χ2n) is 8.95. The monoisotopic (exact) mass is 340 g/mol. The Morgan fingerprint density at radius 2 is 1.38 bits per heavy atom. The first-order valence-electron chi connectivity index (χ1n) is 10.1. The third-order valence-electron chi connectivity index (χ3n) is 5.24. The Hall–Kier alpha value is -0.570. The maximum Gasteiger partial charge on any atom is 0.238 e.